The van der Waals surface area contributed by atoms with Gasteiger partial charge in [0.05, 0.1) is 7.11 Å². The number of methoxy groups -OCH3 is 1. The molecule has 1 unspecified atom stereocenters. The highest BCUT2D eigenvalue weighted by molar-refractivity contribution is 5.75. The van der Waals surface area contributed by atoms with Gasteiger partial charge in [-0.25, -0.2) is 0 Å². The summed E-state index contributed by atoms with van der Waals surface area (Å²) in [6, 6.07) is -1.18. The summed E-state index contributed by atoms with van der Waals surface area (Å²) in [7, 11) is 1.08. The number of rotatable bonds is 3. The van der Waals surface area contributed by atoms with Crippen molar-refractivity contribution in [3.8, 4) is 0 Å². The first-order valence-corrected chi connectivity index (χ1v) is 3.27. The molecule has 13 heavy (non-hydrogen) atoms. The number of carbonyl (C=O) groups excluding carboxylic acids is 1. The first-order valence-electron chi connectivity index (χ1n) is 3.27. The third-order valence-electron chi connectivity index (χ3n) is 1.24. The lowest BCUT2D eigenvalue weighted by atomic mass is 10.2. The number of esters is 1. The predicted molar refractivity (Wildman–Crippen MR) is 42.0 cm³/mol. The molecule has 0 aromatic heterocycles. The summed E-state index contributed by atoms with van der Waals surface area (Å²) >= 11 is 0. The zero-order valence-electron chi connectivity index (χ0n) is 6.52. The Bertz CT molecular complexity index is 158. The van der Waals surface area contributed by atoms with E-state index in [0.29, 0.717) is 0 Å². The number of alkyl halides is 3. The van der Waals surface area contributed by atoms with E-state index in [9.17, 15) is 18.0 Å². The van der Waals surface area contributed by atoms with Crippen molar-refractivity contribution < 1.29 is 22.7 Å². The van der Waals surface area contributed by atoms with E-state index in [0.717, 1.165) is 7.11 Å². The van der Waals surface area contributed by atoms with E-state index in [2.05, 4.69) is 4.74 Å². The van der Waals surface area contributed by atoms with E-state index < -0.39 is 31.0 Å². The van der Waals surface area contributed by atoms with Crippen LogP contribution in [-0.4, -0.2) is 25.3 Å². The monoisotopic (exact) mass is 201 g/mol. The van der Waals surface area contributed by atoms with Crippen LogP contribution in [0.4, 0.5) is 13.2 Å². The van der Waals surface area contributed by atoms with Gasteiger partial charge in [-0.3, -0.25) is 4.79 Å². The van der Waals surface area contributed by atoms with Crippen molar-refractivity contribution in [2.24, 2.45) is 5.73 Å². The minimum Gasteiger partial charge on any atom is -0.468 e. The largest absolute Gasteiger partial charge is 0.468 e. The summed E-state index contributed by atoms with van der Waals surface area (Å²) in [5, 5.41) is 0. The maximum absolute atomic E-state index is 11.6. The zero-order chi connectivity index (χ0) is 9.78. The Morgan fingerprint density at radius 2 is 2.00 bits per heavy atom. The fourth-order valence-corrected chi connectivity index (χ4v) is 0.588. The van der Waals surface area contributed by atoms with Crippen molar-refractivity contribution in [3.05, 3.63) is 0 Å². The molecule has 0 aliphatic heterocycles. The Morgan fingerprint density at radius 3 is 2.31 bits per heavy atom. The van der Waals surface area contributed by atoms with Crippen LogP contribution in [0.2, 0.25) is 0 Å². The molecule has 0 aliphatic carbocycles. The number of nitrogens with two attached hydrogens (primary N) is 1. The summed E-state index contributed by atoms with van der Waals surface area (Å²) in [5.74, 6) is -0.820. The van der Waals surface area contributed by atoms with Crippen LogP contribution in [0.25, 0.3) is 0 Å². The number of halogens is 3. The van der Waals surface area contributed by atoms with Gasteiger partial charge in [-0.2, -0.15) is 13.2 Å². The molecule has 6 heteroatoms. The van der Waals surface area contributed by atoms with E-state index in [1.54, 1.807) is 0 Å². The molecule has 80 valence electrons. The lowest BCUT2D eigenvalue weighted by Gasteiger charge is -2.10. The topological polar surface area (TPSA) is 52.3 Å². The molecule has 0 spiro atoms. The van der Waals surface area contributed by atoms with Crippen LogP contribution in [0, 0.1) is 0 Å². The quantitative estimate of drug-likeness (QED) is 0.703. The van der Waals surface area contributed by atoms with Crippen LogP contribution in [0.5, 0.6) is 0 Å². The third kappa shape index (κ3) is 7.58. The lowest BCUT2D eigenvalue weighted by molar-refractivity contribution is -0.147. The predicted octanol–water partition coefficient (Wildman–Crippen LogP) is 1.47. The number of hydrogen-bond donors (Lipinski definition) is 1. The van der Waals surface area contributed by atoms with Gasteiger partial charge in [-0.15, -0.1) is 0 Å². The smallest absolute Gasteiger partial charge is 0.389 e. The summed E-state index contributed by atoms with van der Waals surface area (Å²) in [6.45, 7) is 0. The van der Waals surface area contributed by atoms with Gasteiger partial charge >= 0.3 is 12.1 Å². The van der Waals surface area contributed by atoms with Crippen LogP contribution in [0.3, 0.4) is 0 Å². The average Bonchev–Trinajstić information content (AvgIpc) is 1.97. The fraction of sp³-hybridized carbons (Fsp3) is 0.857. The van der Waals surface area contributed by atoms with E-state index in [-0.39, 0.29) is 7.43 Å². The minimum atomic E-state index is -4.27. The third-order valence-corrected chi connectivity index (χ3v) is 1.24. The molecule has 0 rings (SSSR count). The molecule has 0 saturated carbocycles. The van der Waals surface area contributed by atoms with Crippen molar-refractivity contribution >= 4 is 5.97 Å². The van der Waals surface area contributed by atoms with Crippen molar-refractivity contribution in [2.45, 2.75) is 32.5 Å². The number of carbonyl (C=O) groups is 1. The first kappa shape index (κ1) is 14.7. The molecule has 0 aliphatic rings. The molecule has 0 saturated heterocycles. The van der Waals surface area contributed by atoms with Crippen molar-refractivity contribution in [1.82, 2.24) is 0 Å². The maximum Gasteiger partial charge on any atom is 0.389 e. The van der Waals surface area contributed by atoms with Gasteiger partial charge in [0.25, 0.3) is 0 Å². The van der Waals surface area contributed by atoms with Crippen molar-refractivity contribution in [2.75, 3.05) is 7.11 Å². The molecular formula is C7H14F3NO2. The molecule has 0 fully saturated rings. The molecule has 2 N–H and O–H groups in total. The van der Waals surface area contributed by atoms with Crippen molar-refractivity contribution in [1.29, 1.82) is 0 Å². The standard InChI is InChI=1S/C6H10F3NO2.CH4/c1-12-5(11)4(10)2-3-6(7,8)9;/h4H,2-3,10H2,1H3;1H4. The molecule has 0 aromatic rings. The molecule has 0 amide bonds. The van der Waals surface area contributed by atoms with Gasteiger partial charge < -0.3 is 10.5 Å². The Hall–Kier alpha value is -0.780. The molecule has 3 nitrogen and oxygen atoms in total. The Kier molecular flexibility index (Phi) is 6.57. The Labute approximate surface area is 75.0 Å². The number of ether oxygens (including phenoxy) is 1. The normalized spacial score (nSPS) is 13.0. The van der Waals surface area contributed by atoms with Crippen LogP contribution in [0.1, 0.15) is 20.3 Å². The summed E-state index contributed by atoms with van der Waals surface area (Å²) in [6.07, 6.45) is -5.77. The van der Waals surface area contributed by atoms with Gasteiger partial charge in [-0.1, -0.05) is 7.43 Å². The molecule has 0 bridgehead atoms. The second-order valence-electron chi connectivity index (χ2n) is 2.28. The Balaban J connectivity index is 0. The van der Waals surface area contributed by atoms with Crippen LogP contribution >= 0.6 is 0 Å². The summed E-state index contributed by atoms with van der Waals surface area (Å²) in [4.78, 5) is 10.5. The summed E-state index contributed by atoms with van der Waals surface area (Å²) < 4.78 is 38.9. The fourth-order valence-electron chi connectivity index (χ4n) is 0.588. The van der Waals surface area contributed by atoms with Gasteiger partial charge in [0.1, 0.15) is 6.04 Å². The minimum absolute atomic E-state index is 0. The van der Waals surface area contributed by atoms with E-state index in [1.165, 1.54) is 0 Å². The highest BCUT2D eigenvalue weighted by Crippen LogP contribution is 2.21. The molecule has 0 radical (unpaired) electrons. The molecular weight excluding hydrogens is 187 g/mol. The highest BCUT2D eigenvalue weighted by atomic mass is 19.4. The van der Waals surface area contributed by atoms with E-state index in [4.69, 9.17) is 5.73 Å². The Morgan fingerprint density at radius 1 is 1.54 bits per heavy atom. The molecule has 1 atom stereocenters. The molecule has 0 heterocycles. The van der Waals surface area contributed by atoms with Gasteiger partial charge in [0, 0.05) is 6.42 Å². The SMILES string of the molecule is C.COC(=O)C(N)CCC(F)(F)F. The van der Waals surface area contributed by atoms with Crippen LogP contribution < -0.4 is 5.73 Å². The number of hydrogen-bond acceptors (Lipinski definition) is 3. The first-order chi connectivity index (χ1) is 5.37. The average molecular weight is 201 g/mol. The van der Waals surface area contributed by atoms with Crippen LogP contribution in [0.15, 0.2) is 0 Å². The van der Waals surface area contributed by atoms with Gasteiger partial charge in [0.15, 0.2) is 0 Å². The maximum atomic E-state index is 11.6. The highest BCUT2D eigenvalue weighted by Gasteiger charge is 2.29. The van der Waals surface area contributed by atoms with Crippen LogP contribution in [-0.2, 0) is 9.53 Å². The van der Waals surface area contributed by atoms with Gasteiger partial charge in [0.2, 0.25) is 0 Å². The van der Waals surface area contributed by atoms with Crippen molar-refractivity contribution in [3.63, 3.8) is 0 Å². The summed E-state index contributed by atoms with van der Waals surface area (Å²) in [5.41, 5.74) is 5.06. The van der Waals surface area contributed by atoms with E-state index >= 15 is 0 Å². The van der Waals surface area contributed by atoms with E-state index in [1.807, 2.05) is 0 Å². The molecule has 0 aromatic carbocycles. The van der Waals surface area contributed by atoms with Gasteiger partial charge in [-0.05, 0) is 6.42 Å². The zero-order valence-corrected chi connectivity index (χ0v) is 6.52. The second-order valence-corrected chi connectivity index (χ2v) is 2.28. The second kappa shape index (κ2) is 5.80. The lowest BCUT2D eigenvalue weighted by Crippen LogP contribution is -2.32.